The largest absolute Gasteiger partial charge is 0.441 e. The number of aryl methyl sites for hydroxylation is 5. The minimum atomic E-state index is 0.638. The minimum Gasteiger partial charge on any atom is -0.441 e. The molecule has 0 N–H and O–H groups in total. The third-order valence-electron chi connectivity index (χ3n) is 7.45. The lowest BCUT2D eigenvalue weighted by Gasteiger charge is -2.14. The van der Waals surface area contributed by atoms with E-state index in [0.717, 1.165) is 82.7 Å². The molecule has 0 fully saturated rings. The molecule has 2 heterocycles. The molecule has 1 aliphatic rings. The van der Waals surface area contributed by atoms with Crippen molar-refractivity contribution in [3.63, 3.8) is 0 Å². The topological polar surface area (TPSA) is 67.6 Å². The normalized spacial score (nSPS) is 13.8. The van der Waals surface area contributed by atoms with Crippen molar-refractivity contribution >= 4 is 16.6 Å². The summed E-state index contributed by atoms with van der Waals surface area (Å²) < 4.78 is 8.20. The summed E-state index contributed by atoms with van der Waals surface area (Å²) in [5.74, 6) is 2.53. The Morgan fingerprint density at radius 3 is 2.63 bits per heavy atom. The molecule has 1 aliphatic carbocycles. The number of allylic oxidation sites excluding steroid dienone is 1. The van der Waals surface area contributed by atoms with Crippen LogP contribution in [-0.4, -0.2) is 14.5 Å². The van der Waals surface area contributed by atoms with E-state index in [2.05, 4.69) is 84.1 Å². The molecule has 5 nitrogen and oxygen atoms in total. The van der Waals surface area contributed by atoms with Crippen molar-refractivity contribution in [3.8, 4) is 17.5 Å². The molecule has 0 saturated heterocycles. The first-order valence-electron chi connectivity index (χ1n) is 13.3. The highest BCUT2D eigenvalue weighted by molar-refractivity contribution is 5.86. The van der Waals surface area contributed by atoms with E-state index in [9.17, 15) is 5.26 Å². The number of nitriles is 1. The number of aromatic nitrogens is 3. The fraction of sp³-hybridized carbons (Fsp3) is 0.242. The molecule has 188 valence electrons. The first-order chi connectivity index (χ1) is 18.6. The summed E-state index contributed by atoms with van der Waals surface area (Å²) in [7, 11) is 0. The summed E-state index contributed by atoms with van der Waals surface area (Å²) in [5, 5.41) is 9.55. The second kappa shape index (κ2) is 9.79. The average Bonchev–Trinajstić information content (AvgIpc) is 3.46. The lowest BCUT2D eigenvalue weighted by Crippen LogP contribution is -2.06. The quantitative estimate of drug-likeness (QED) is 0.237. The monoisotopic (exact) mass is 498 g/mol. The van der Waals surface area contributed by atoms with Gasteiger partial charge in [0.1, 0.15) is 11.6 Å². The lowest BCUT2D eigenvalue weighted by molar-refractivity contribution is 0.542. The zero-order valence-corrected chi connectivity index (χ0v) is 22.1. The average molecular weight is 499 g/mol. The van der Waals surface area contributed by atoms with E-state index in [1.165, 1.54) is 16.7 Å². The highest BCUT2D eigenvalue weighted by Gasteiger charge is 2.20. The number of imidazole rings is 1. The zero-order valence-electron chi connectivity index (χ0n) is 22.1. The summed E-state index contributed by atoms with van der Waals surface area (Å²) >= 11 is 0. The van der Waals surface area contributed by atoms with Gasteiger partial charge in [-0.2, -0.15) is 5.26 Å². The molecular weight excluding hydrogens is 468 g/mol. The summed E-state index contributed by atoms with van der Waals surface area (Å²) in [6.45, 7) is 6.95. The van der Waals surface area contributed by atoms with E-state index in [-0.39, 0.29) is 0 Å². The third-order valence-corrected chi connectivity index (χ3v) is 7.45. The molecule has 3 aromatic carbocycles. The Hall–Kier alpha value is -4.43. The number of oxazole rings is 1. The van der Waals surface area contributed by atoms with Crippen LogP contribution >= 0.6 is 0 Å². The van der Waals surface area contributed by atoms with Crippen molar-refractivity contribution < 1.29 is 4.42 Å². The maximum atomic E-state index is 9.55. The van der Waals surface area contributed by atoms with E-state index in [0.29, 0.717) is 5.89 Å². The molecule has 0 unspecified atom stereocenters. The van der Waals surface area contributed by atoms with Crippen LogP contribution in [0.2, 0.25) is 0 Å². The van der Waals surface area contributed by atoms with Crippen LogP contribution in [0, 0.1) is 25.2 Å². The van der Waals surface area contributed by atoms with Gasteiger partial charge >= 0.3 is 0 Å². The molecule has 0 radical (unpaired) electrons. The van der Waals surface area contributed by atoms with Crippen LogP contribution in [0.1, 0.15) is 58.3 Å². The fourth-order valence-corrected chi connectivity index (χ4v) is 5.68. The van der Waals surface area contributed by atoms with Gasteiger partial charge in [0.2, 0.25) is 5.89 Å². The van der Waals surface area contributed by atoms with Crippen LogP contribution in [0.5, 0.6) is 0 Å². The van der Waals surface area contributed by atoms with Crippen LogP contribution in [0.4, 0.5) is 0 Å². The van der Waals surface area contributed by atoms with Crippen molar-refractivity contribution in [1.82, 2.24) is 14.5 Å². The predicted octanol–water partition coefficient (Wildman–Crippen LogP) is 7.36. The zero-order chi connectivity index (χ0) is 26.2. The van der Waals surface area contributed by atoms with E-state index in [1.54, 1.807) is 12.3 Å². The van der Waals surface area contributed by atoms with Crippen molar-refractivity contribution in [3.05, 3.63) is 112 Å². The van der Waals surface area contributed by atoms with Crippen molar-refractivity contribution in [1.29, 1.82) is 5.26 Å². The van der Waals surface area contributed by atoms with Gasteiger partial charge < -0.3 is 8.98 Å². The Morgan fingerprint density at radius 1 is 1.03 bits per heavy atom. The molecule has 0 spiro atoms. The van der Waals surface area contributed by atoms with E-state index >= 15 is 0 Å². The van der Waals surface area contributed by atoms with Crippen LogP contribution in [-0.2, 0) is 25.8 Å². The van der Waals surface area contributed by atoms with Gasteiger partial charge in [-0.1, -0.05) is 49.4 Å². The molecule has 5 heteroatoms. The van der Waals surface area contributed by atoms with Gasteiger partial charge in [-0.05, 0) is 84.2 Å². The molecule has 0 aliphatic heterocycles. The maximum Gasteiger partial charge on any atom is 0.226 e. The molecule has 2 aromatic heterocycles. The SMILES string of the molecule is CCCc1nc2c(C)cc(-c3ncc(C)o3)cc2n1Cc1ccc2c(c1)CCc1ccccc1C2=CC#N. The van der Waals surface area contributed by atoms with E-state index in [4.69, 9.17) is 9.40 Å². The van der Waals surface area contributed by atoms with Gasteiger partial charge in [-0.15, -0.1) is 0 Å². The number of benzene rings is 3. The van der Waals surface area contributed by atoms with Crippen LogP contribution in [0.3, 0.4) is 0 Å². The summed E-state index contributed by atoms with van der Waals surface area (Å²) in [4.78, 5) is 9.53. The second-order valence-corrected chi connectivity index (χ2v) is 10.1. The molecule has 38 heavy (non-hydrogen) atoms. The number of nitrogens with zero attached hydrogens (tertiary/aromatic N) is 4. The minimum absolute atomic E-state index is 0.638. The Morgan fingerprint density at radius 2 is 1.84 bits per heavy atom. The fourth-order valence-electron chi connectivity index (χ4n) is 5.68. The Bertz CT molecular complexity index is 1740. The standard InChI is InChI=1S/C33H30N4O/c1-4-7-31-36-32-21(2)16-26(33-35-19-22(3)38-33)18-30(32)37(31)20-23-10-13-28-25(17-23)12-11-24-8-5-6-9-27(24)29(28)14-15-34/h5-6,8-10,13-14,16-19H,4,7,11-12,20H2,1-3H3. The van der Waals surface area contributed by atoms with E-state index in [1.807, 2.05) is 6.92 Å². The van der Waals surface area contributed by atoms with Crippen LogP contribution < -0.4 is 0 Å². The van der Waals surface area contributed by atoms with Gasteiger partial charge in [0, 0.05) is 24.6 Å². The smallest absolute Gasteiger partial charge is 0.226 e. The molecule has 0 amide bonds. The number of hydrogen-bond acceptors (Lipinski definition) is 4. The van der Waals surface area contributed by atoms with Gasteiger partial charge in [-0.3, -0.25) is 0 Å². The Kier molecular flexibility index (Phi) is 6.17. The first-order valence-corrected chi connectivity index (χ1v) is 13.3. The first kappa shape index (κ1) is 23.9. The van der Waals surface area contributed by atoms with Crippen molar-refractivity contribution in [2.24, 2.45) is 0 Å². The summed E-state index contributed by atoms with van der Waals surface area (Å²) in [6.07, 6.45) is 7.30. The summed E-state index contributed by atoms with van der Waals surface area (Å²) in [5.41, 5.74) is 11.4. The Labute approximate surface area is 223 Å². The highest BCUT2D eigenvalue weighted by atomic mass is 16.4. The molecule has 5 aromatic rings. The van der Waals surface area contributed by atoms with Crippen molar-refractivity contribution in [2.75, 3.05) is 0 Å². The molecule has 0 saturated carbocycles. The van der Waals surface area contributed by atoms with Gasteiger partial charge in [0.05, 0.1) is 23.3 Å². The van der Waals surface area contributed by atoms with Gasteiger partial charge in [0.25, 0.3) is 0 Å². The number of fused-ring (bicyclic) bond motifs is 3. The molecule has 0 atom stereocenters. The predicted molar refractivity (Wildman–Crippen MR) is 151 cm³/mol. The number of rotatable bonds is 5. The summed E-state index contributed by atoms with van der Waals surface area (Å²) in [6, 6.07) is 21.7. The van der Waals surface area contributed by atoms with Gasteiger partial charge in [-0.25, -0.2) is 9.97 Å². The second-order valence-electron chi connectivity index (χ2n) is 10.1. The molecular formula is C33H30N4O. The van der Waals surface area contributed by atoms with Gasteiger partial charge in [0.15, 0.2) is 0 Å². The number of hydrogen-bond donors (Lipinski definition) is 0. The maximum absolute atomic E-state index is 9.55. The molecule has 6 rings (SSSR count). The highest BCUT2D eigenvalue weighted by Crippen LogP contribution is 2.35. The molecule has 0 bridgehead atoms. The van der Waals surface area contributed by atoms with Crippen molar-refractivity contribution in [2.45, 2.75) is 53.0 Å². The Balaban J connectivity index is 1.44. The van der Waals surface area contributed by atoms with Crippen LogP contribution in [0.15, 0.2) is 71.3 Å². The third kappa shape index (κ3) is 4.22. The lowest BCUT2D eigenvalue weighted by atomic mass is 9.93. The van der Waals surface area contributed by atoms with E-state index < -0.39 is 0 Å². The van der Waals surface area contributed by atoms with Crippen LogP contribution in [0.25, 0.3) is 28.1 Å².